The van der Waals surface area contributed by atoms with Gasteiger partial charge in [0.15, 0.2) is 0 Å². The first-order valence-electron chi connectivity index (χ1n) is 7.16. The van der Waals surface area contributed by atoms with E-state index in [2.05, 4.69) is 6.92 Å². The van der Waals surface area contributed by atoms with Gasteiger partial charge in [-0.2, -0.15) is 0 Å². The summed E-state index contributed by atoms with van der Waals surface area (Å²) in [6, 6.07) is 0. The van der Waals surface area contributed by atoms with Crippen LogP contribution >= 0.6 is 0 Å². The Bertz CT molecular complexity index is 251. The normalized spacial score (nSPS) is 47.8. The smallest absolute Gasteiger partial charge is 0.0614 e. The number of aliphatic hydroxyl groups excluding tert-OH is 1. The first-order valence-corrected chi connectivity index (χ1v) is 7.16. The van der Waals surface area contributed by atoms with Crippen molar-refractivity contribution in [2.45, 2.75) is 45.1 Å². The lowest BCUT2D eigenvalue weighted by atomic mass is 9.89. The predicted molar refractivity (Wildman–Crippen MR) is 64.8 cm³/mol. The molecule has 0 radical (unpaired) electrons. The van der Waals surface area contributed by atoms with E-state index >= 15 is 0 Å². The lowest BCUT2D eigenvalue weighted by Gasteiger charge is -2.23. The molecule has 3 rings (SSSR count). The first kappa shape index (κ1) is 11.0. The van der Waals surface area contributed by atoms with Crippen LogP contribution in [0.3, 0.4) is 0 Å². The molecule has 0 amide bonds. The van der Waals surface area contributed by atoms with Gasteiger partial charge in [-0.1, -0.05) is 13.3 Å². The average molecular weight is 223 g/mol. The Kier molecular flexibility index (Phi) is 2.75. The van der Waals surface area contributed by atoms with Gasteiger partial charge in [0.25, 0.3) is 0 Å². The van der Waals surface area contributed by atoms with Gasteiger partial charge in [0.05, 0.1) is 6.10 Å². The van der Waals surface area contributed by atoms with E-state index in [1.54, 1.807) is 0 Å². The molecule has 0 aromatic rings. The minimum Gasteiger partial charge on any atom is -0.392 e. The Balaban J connectivity index is 1.63. The lowest BCUT2D eigenvalue weighted by Crippen LogP contribution is -2.31. The summed E-state index contributed by atoms with van der Waals surface area (Å²) in [6.07, 6.45) is 6.51. The Labute approximate surface area is 98.6 Å². The summed E-state index contributed by atoms with van der Waals surface area (Å²) in [4.78, 5) is 0. The van der Waals surface area contributed by atoms with Crippen LogP contribution in [0.1, 0.15) is 39.0 Å². The van der Waals surface area contributed by atoms with E-state index in [4.69, 9.17) is 5.73 Å². The topological polar surface area (TPSA) is 46.2 Å². The highest BCUT2D eigenvalue weighted by Gasteiger charge is 2.67. The van der Waals surface area contributed by atoms with E-state index < -0.39 is 0 Å². The van der Waals surface area contributed by atoms with Gasteiger partial charge in [0.1, 0.15) is 0 Å². The number of aliphatic hydroxyl groups is 1. The third kappa shape index (κ3) is 1.46. The zero-order valence-corrected chi connectivity index (χ0v) is 10.3. The standard InChI is InChI=1S/C14H25NO/c1-2-3-10(7-15)14(16)13-11-8-4-5-9(6-8)12(11)13/h8-14,16H,2-7,15H2,1H3. The van der Waals surface area contributed by atoms with Crippen LogP contribution in [-0.4, -0.2) is 17.8 Å². The van der Waals surface area contributed by atoms with Gasteiger partial charge in [-0.15, -0.1) is 0 Å². The van der Waals surface area contributed by atoms with Crippen molar-refractivity contribution in [3.63, 3.8) is 0 Å². The van der Waals surface area contributed by atoms with E-state index in [9.17, 15) is 5.11 Å². The summed E-state index contributed by atoms with van der Waals surface area (Å²) in [5.41, 5.74) is 5.80. The molecule has 2 nitrogen and oxygen atoms in total. The monoisotopic (exact) mass is 223 g/mol. The highest BCUT2D eigenvalue weighted by Crippen LogP contribution is 2.70. The maximum atomic E-state index is 10.5. The van der Waals surface area contributed by atoms with Crippen molar-refractivity contribution in [1.29, 1.82) is 0 Å². The van der Waals surface area contributed by atoms with Crippen molar-refractivity contribution in [1.82, 2.24) is 0 Å². The van der Waals surface area contributed by atoms with Crippen LogP contribution in [0.2, 0.25) is 0 Å². The molecule has 16 heavy (non-hydrogen) atoms. The van der Waals surface area contributed by atoms with Crippen LogP contribution in [0.4, 0.5) is 0 Å². The minimum absolute atomic E-state index is 0.0941. The largest absolute Gasteiger partial charge is 0.392 e. The van der Waals surface area contributed by atoms with Crippen molar-refractivity contribution in [2.75, 3.05) is 6.54 Å². The molecule has 2 bridgehead atoms. The fourth-order valence-corrected chi connectivity index (χ4v) is 4.96. The number of nitrogens with two attached hydrogens (primary N) is 1. The van der Waals surface area contributed by atoms with Crippen LogP contribution < -0.4 is 5.73 Å². The molecule has 0 saturated heterocycles. The quantitative estimate of drug-likeness (QED) is 0.749. The van der Waals surface area contributed by atoms with Gasteiger partial charge in [-0.25, -0.2) is 0 Å². The molecule has 0 spiro atoms. The Morgan fingerprint density at radius 3 is 2.38 bits per heavy atom. The second-order valence-corrected chi connectivity index (χ2v) is 6.34. The maximum absolute atomic E-state index is 10.5. The van der Waals surface area contributed by atoms with E-state index in [-0.39, 0.29) is 6.10 Å². The van der Waals surface area contributed by atoms with Crippen LogP contribution in [-0.2, 0) is 0 Å². The highest BCUT2D eigenvalue weighted by atomic mass is 16.3. The molecule has 0 aliphatic heterocycles. The predicted octanol–water partition coefficient (Wildman–Crippen LogP) is 2.01. The summed E-state index contributed by atoms with van der Waals surface area (Å²) >= 11 is 0. The number of rotatable bonds is 5. The van der Waals surface area contributed by atoms with Gasteiger partial charge in [0.2, 0.25) is 0 Å². The zero-order chi connectivity index (χ0) is 11.3. The van der Waals surface area contributed by atoms with Crippen LogP contribution in [0.15, 0.2) is 0 Å². The minimum atomic E-state index is -0.0941. The molecule has 6 atom stereocenters. The average Bonchev–Trinajstić information content (AvgIpc) is 2.74. The van der Waals surface area contributed by atoms with E-state index in [1.165, 1.54) is 19.3 Å². The molecule has 0 aromatic carbocycles. The van der Waals surface area contributed by atoms with E-state index in [0.717, 1.165) is 36.5 Å². The van der Waals surface area contributed by atoms with Crippen molar-refractivity contribution >= 4 is 0 Å². The molecular weight excluding hydrogens is 198 g/mol. The Hall–Kier alpha value is -0.0800. The molecule has 6 unspecified atom stereocenters. The van der Waals surface area contributed by atoms with Crippen LogP contribution in [0.25, 0.3) is 0 Å². The fraction of sp³-hybridized carbons (Fsp3) is 1.00. The molecule has 3 saturated carbocycles. The number of hydrogen-bond donors (Lipinski definition) is 2. The first-order chi connectivity index (χ1) is 7.77. The Morgan fingerprint density at radius 2 is 1.88 bits per heavy atom. The van der Waals surface area contributed by atoms with Crippen molar-refractivity contribution in [2.24, 2.45) is 41.2 Å². The summed E-state index contributed by atoms with van der Waals surface area (Å²) in [7, 11) is 0. The van der Waals surface area contributed by atoms with Gasteiger partial charge in [-0.3, -0.25) is 0 Å². The molecular formula is C14H25NO. The zero-order valence-electron chi connectivity index (χ0n) is 10.3. The molecule has 2 heteroatoms. The molecule has 92 valence electrons. The molecule has 3 aliphatic carbocycles. The molecule has 0 aromatic heterocycles. The van der Waals surface area contributed by atoms with Crippen molar-refractivity contribution in [3.8, 4) is 0 Å². The van der Waals surface area contributed by atoms with Gasteiger partial charge >= 0.3 is 0 Å². The van der Waals surface area contributed by atoms with Crippen molar-refractivity contribution < 1.29 is 5.11 Å². The van der Waals surface area contributed by atoms with Gasteiger partial charge in [-0.05, 0) is 67.7 Å². The molecule has 3 aliphatic rings. The van der Waals surface area contributed by atoms with Gasteiger partial charge < -0.3 is 10.8 Å². The summed E-state index contributed by atoms with van der Waals surface area (Å²) < 4.78 is 0. The molecule has 3 N–H and O–H groups in total. The third-order valence-electron chi connectivity index (χ3n) is 5.63. The third-order valence-corrected chi connectivity index (χ3v) is 5.63. The maximum Gasteiger partial charge on any atom is 0.0614 e. The second kappa shape index (κ2) is 3.99. The molecule has 3 fully saturated rings. The Morgan fingerprint density at radius 1 is 1.25 bits per heavy atom. The number of hydrogen-bond acceptors (Lipinski definition) is 2. The fourth-order valence-electron chi connectivity index (χ4n) is 4.96. The summed E-state index contributed by atoms with van der Waals surface area (Å²) in [5.74, 6) is 4.70. The van der Waals surface area contributed by atoms with Gasteiger partial charge in [0, 0.05) is 0 Å². The summed E-state index contributed by atoms with van der Waals surface area (Å²) in [6.45, 7) is 2.85. The van der Waals surface area contributed by atoms with Crippen LogP contribution in [0, 0.1) is 35.5 Å². The lowest BCUT2D eigenvalue weighted by molar-refractivity contribution is 0.0679. The summed E-state index contributed by atoms with van der Waals surface area (Å²) in [5, 5.41) is 10.5. The van der Waals surface area contributed by atoms with Crippen molar-refractivity contribution in [3.05, 3.63) is 0 Å². The van der Waals surface area contributed by atoms with E-state index in [1.807, 2.05) is 0 Å². The number of fused-ring (bicyclic) bond motifs is 5. The highest BCUT2D eigenvalue weighted by molar-refractivity contribution is 5.15. The van der Waals surface area contributed by atoms with Crippen LogP contribution in [0.5, 0.6) is 0 Å². The second-order valence-electron chi connectivity index (χ2n) is 6.34. The SMILES string of the molecule is CCCC(CN)C(O)C1C2C3CCC(C3)C21. The van der Waals surface area contributed by atoms with E-state index in [0.29, 0.717) is 18.4 Å². The molecule has 0 heterocycles.